The third-order valence-electron chi connectivity index (χ3n) is 3.73. The first kappa shape index (κ1) is 15.9. The Morgan fingerprint density at radius 1 is 1.48 bits per heavy atom. The predicted molar refractivity (Wildman–Crippen MR) is 84.3 cm³/mol. The fourth-order valence-corrected chi connectivity index (χ4v) is 2.87. The summed E-state index contributed by atoms with van der Waals surface area (Å²) in [5, 5.41) is 12.8. The van der Waals surface area contributed by atoms with Gasteiger partial charge in [-0.25, -0.2) is 0 Å². The Hall–Kier alpha value is -1.43. The standard InChI is InChI=1S/C16H25N3O2/c1-12-5-4-6-13(7-12)17-16(21)11-19-10-15(20)8-14(19)9-18(2)3/h4-7,14-15,20H,8-11H2,1-3H3,(H,17,21). The number of hydrogen-bond acceptors (Lipinski definition) is 4. The SMILES string of the molecule is Cc1cccc(NC(=O)CN2CC(O)CC2CN(C)C)c1. The Morgan fingerprint density at radius 2 is 2.24 bits per heavy atom. The highest BCUT2D eigenvalue weighted by Crippen LogP contribution is 2.18. The van der Waals surface area contributed by atoms with Gasteiger partial charge < -0.3 is 15.3 Å². The topological polar surface area (TPSA) is 55.8 Å². The van der Waals surface area contributed by atoms with Crippen molar-refractivity contribution in [2.45, 2.75) is 25.5 Å². The fourth-order valence-electron chi connectivity index (χ4n) is 2.87. The molecule has 0 aliphatic carbocycles. The highest BCUT2D eigenvalue weighted by Gasteiger charge is 2.32. The van der Waals surface area contributed by atoms with Crippen molar-refractivity contribution in [3.8, 4) is 0 Å². The van der Waals surface area contributed by atoms with E-state index < -0.39 is 0 Å². The van der Waals surface area contributed by atoms with Crippen LogP contribution in [0, 0.1) is 6.92 Å². The van der Waals surface area contributed by atoms with E-state index in [4.69, 9.17) is 0 Å². The second-order valence-electron chi connectivity index (χ2n) is 6.15. The Kier molecular flexibility index (Phi) is 5.33. The summed E-state index contributed by atoms with van der Waals surface area (Å²) in [7, 11) is 4.02. The van der Waals surface area contributed by atoms with Crippen LogP contribution in [0.4, 0.5) is 5.69 Å². The van der Waals surface area contributed by atoms with Crippen molar-refractivity contribution in [2.24, 2.45) is 0 Å². The molecular formula is C16H25N3O2. The summed E-state index contributed by atoms with van der Waals surface area (Å²) in [5.41, 5.74) is 1.94. The Bertz CT molecular complexity index is 490. The predicted octanol–water partition coefficient (Wildman–Crippen LogP) is 0.930. The van der Waals surface area contributed by atoms with E-state index in [-0.39, 0.29) is 18.1 Å². The van der Waals surface area contributed by atoms with E-state index >= 15 is 0 Å². The third kappa shape index (κ3) is 4.81. The number of rotatable bonds is 5. The lowest BCUT2D eigenvalue weighted by Gasteiger charge is -2.26. The highest BCUT2D eigenvalue weighted by atomic mass is 16.3. The fraction of sp³-hybridized carbons (Fsp3) is 0.562. The van der Waals surface area contributed by atoms with E-state index in [1.54, 1.807) is 0 Å². The van der Waals surface area contributed by atoms with Crippen LogP contribution in [0.15, 0.2) is 24.3 Å². The lowest BCUT2D eigenvalue weighted by atomic mass is 10.2. The van der Waals surface area contributed by atoms with E-state index in [2.05, 4.69) is 15.1 Å². The molecule has 1 aliphatic heterocycles. The molecule has 0 bridgehead atoms. The molecule has 1 aliphatic rings. The Labute approximate surface area is 126 Å². The maximum atomic E-state index is 12.2. The molecular weight excluding hydrogens is 266 g/mol. The van der Waals surface area contributed by atoms with Crippen LogP contribution in [0.2, 0.25) is 0 Å². The van der Waals surface area contributed by atoms with Crippen LogP contribution >= 0.6 is 0 Å². The number of carbonyl (C=O) groups is 1. The maximum absolute atomic E-state index is 12.2. The minimum Gasteiger partial charge on any atom is -0.392 e. The van der Waals surface area contributed by atoms with Gasteiger partial charge in [0.1, 0.15) is 0 Å². The Morgan fingerprint density at radius 3 is 2.90 bits per heavy atom. The van der Waals surface area contributed by atoms with Crippen molar-refractivity contribution in [1.29, 1.82) is 0 Å². The molecule has 1 saturated heterocycles. The molecule has 2 atom stereocenters. The van der Waals surface area contributed by atoms with Crippen molar-refractivity contribution < 1.29 is 9.90 Å². The van der Waals surface area contributed by atoms with Gasteiger partial charge in [0, 0.05) is 24.8 Å². The monoisotopic (exact) mass is 291 g/mol. The summed E-state index contributed by atoms with van der Waals surface area (Å²) in [4.78, 5) is 16.3. The first-order valence-corrected chi connectivity index (χ1v) is 7.37. The van der Waals surface area contributed by atoms with E-state index in [9.17, 15) is 9.90 Å². The largest absolute Gasteiger partial charge is 0.392 e. The highest BCUT2D eigenvalue weighted by molar-refractivity contribution is 5.92. The number of amides is 1. The van der Waals surface area contributed by atoms with Gasteiger partial charge in [-0.3, -0.25) is 9.69 Å². The molecule has 1 fully saturated rings. The van der Waals surface area contributed by atoms with Gasteiger partial charge in [-0.05, 0) is 45.1 Å². The number of anilines is 1. The van der Waals surface area contributed by atoms with Gasteiger partial charge in [-0.1, -0.05) is 12.1 Å². The summed E-state index contributed by atoms with van der Waals surface area (Å²) < 4.78 is 0. The smallest absolute Gasteiger partial charge is 0.238 e. The van der Waals surface area contributed by atoms with Crippen LogP contribution in [0.1, 0.15) is 12.0 Å². The molecule has 2 rings (SSSR count). The quantitative estimate of drug-likeness (QED) is 0.847. The first-order chi connectivity index (χ1) is 9.94. The minimum absolute atomic E-state index is 0.0292. The van der Waals surface area contributed by atoms with Crippen LogP contribution in [-0.2, 0) is 4.79 Å². The molecule has 2 unspecified atom stereocenters. The summed E-state index contributed by atoms with van der Waals surface area (Å²) in [6.07, 6.45) is 0.400. The van der Waals surface area contributed by atoms with Crippen molar-refractivity contribution >= 4 is 11.6 Å². The maximum Gasteiger partial charge on any atom is 0.238 e. The van der Waals surface area contributed by atoms with Crippen molar-refractivity contribution in [1.82, 2.24) is 9.80 Å². The molecule has 0 radical (unpaired) electrons. The van der Waals surface area contributed by atoms with Gasteiger partial charge in [0.25, 0.3) is 0 Å². The van der Waals surface area contributed by atoms with Crippen LogP contribution in [-0.4, -0.2) is 66.7 Å². The molecule has 1 heterocycles. The van der Waals surface area contributed by atoms with Gasteiger partial charge in [-0.15, -0.1) is 0 Å². The summed E-state index contributed by atoms with van der Waals surface area (Å²) in [6.45, 7) is 3.75. The number of carbonyl (C=O) groups excluding carboxylic acids is 1. The van der Waals surface area contributed by atoms with Crippen LogP contribution in [0.3, 0.4) is 0 Å². The van der Waals surface area contributed by atoms with Gasteiger partial charge in [0.05, 0.1) is 12.6 Å². The number of β-amino-alcohol motifs (C(OH)–C–C–N with tert-alkyl or cyclic N) is 1. The molecule has 5 nitrogen and oxygen atoms in total. The van der Waals surface area contributed by atoms with Crippen LogP contribution in [0.5, 0.6) is 0 Å². The van der Waals surface area contributed by atoms with E-state index in [1.807, 2.05) is 45.3 Å². The molecule has 5 heteroatoms. The zero-order valence-electron chi connectivity index (χ0n) is 13.0. The molecule has 0 aromatic heterocycles. The van der Waals surface area contributed by atoms with Crippen molar-refractivity contribution in [3.63, 3.8) is 0 Å². The molecule has 116 valence electrons. The summed E-state index contributed by atoms with van der Waals surface area (Å²) in [6, 6.07) is 8.01. The summed E-state index contributed by atoms with van der Waals surface area (Å²) >= 11 is 0. The number of likely N-dealkylation sites (tertiary alicyclic amines) is 1. The lowest BCUT2D eigenvalue weighted by molar-refractivity contribution is -0.117. The van der Waals surface area contributed by atoms with E-state index in [0.29, 0.717) is 13.1 Å². The number of nitrogens with one attached hydrogen (secondary N) is 1. The summed E-state index contributed by atoms with van der Waals surface area (Å²) in [5.74, 6) is -0.0292. The number of aryl methyl sites for hydroxylation is 1. The number of aliphatic hydroxyl groups is 1. The van der Waals surface area contributed by atoms with Crippen molar-refractivity contribution in [3.05, 3.63) is 29.8 Å². The molecule has 1 aromatic carbocycles. The average Bonchev–Trinajstić information content (AvgIpc) is 2.68. The van der Waals surface area contributed by atoms with Gasteiger partial charge >= 0.3 is 0 Å². The average molecular weight is 291 g/mol. The molecule has 2 N–H and O–H groups in total. The number of nitrogens with zero attached hydrogens (tertiary/aromatic N) is 2. The zero-order valence-corrected chi connectivity index (χ0v) is 13.0. The lowest BCUT2D eigenvalue weighted by Crippen LogP contribution is -2.41. The van der Waals surface area contributed by atoms with Gasteiger partial charge in [0.15, 0.2) is 0 Å². The molecule has 21 heavy (non-hydrogen) atoms. The molecule has 1 amide bonds. The van der Waals surface area contributed by atoms with Gasteiger partial charge in [-0.2, -0.15) is 0 Å². The zero-order chi connectivity index (χ0) is 15.4. The van der Waals surface area contributed by atoms with Crippen LogP contribution < -0.4 is 5.32 Å². The number of benzene rings is 1. The number of likely N-dealkylation sites (N-methyl/N-ethyl adjacent to an activating group) is 1. The molecule has 0 saturated carbocycles. The first-order valence-electron chi connectivity index (χ1n) is 7.37. The molecule has 1 aromatic rings. The van der Waals surface area contributed by atoms with Crippen LogP contribution in [0.25, 0.3) is 0 Å². The van der Waals surface area contributed by atoms with Crippen molar-refractivity contribution in [2.75, 3.05) is 39.0 Å². The minimum atomic E-state index is -0.332. The normalized spacial score (nSPS) is 22.7. The Balaban J connectivity index is 1.91. The number of hydrogen-bond donors (Lipinski definition) is 2. The van der Waals surface area contributed by atoms with E-state index in [0.717, 1.165) is 24.2 Å². The molecule has 0 spiro atoms. The second kappa shape index (κ2) is 7.02. The van der Waals surface area contributed by atoms with Gasteiger partial charge in [0.2, 0.25) is 5.91 Å². The van der Waals surface area contributed by atoms with E-state index in [1.165, 1.54) is 0 Å². The number of aliphatic hydroxyl groups excluding tert-OH is 1. The third-order valence-corrected chi connectivity index (χ3v) is 3.73. The second-order valence-corrected chi connectivity index (χ2v) is 6.15.